The Hall–Kier alpha value is -4.51. The number of aromatic amines is 2. The lowest BCUT2D eigenvalue weighted by Gasteiger charge is -2.06. The summed E-state index contributed by atoms with van der Waals surface area (Å²) in [6, 6.07) is 7.01. The number of H-pyrrole nitrogens is 2. The van der Waals surface area contributed by atoms with Crippen LogP contribution in [0.15, 0.2) is 55.2 Å². The normalized spacial score (nSPS) is 13.1. The van der Waals surface area contributed by atoms with E-state index in [0.717, 1.165) is 56.6 Å². The van der Waals surface area contributed by atoms with Crippen molar-refractivity contribution in [2.75, 3.05) is 5.32 Å². The molecule has 184 valence electrons. The van der Waals surface area contributed by atoms with Crippen LogP contribution in [0.2, 0.25) is 0 Å². The molecule has 0 atom stereocenters. The molecule has 0 spiro atoms. The van der Waals surface area contributed by atoms with Crippen molar-refractivity contribution in [1.82, 2.24) is 35.1 Å². The Morgan fingerprint density at radius 3 is 2.70 bits per heavy atom. The van der Waals surface area contributed by atoms with Crippen molar-refractivity contribution in [1.29, 1.82) is 0 Å². The summed E-state index contributed by atoms with van der Waals surface area (Å²) in [5.41, 5.74) is 5.68. The number of hydrogen-bond acceptors (Lipinski definition) is 7. The van der Waals surface area contributed by atoms with Crippen molar-refractivity contribution in [2.24, 2.45) is 5.92 Å². The minimum atomic E-state index is -0.262. The highest BCUT2D eigenvalue weighted by Gasteiger charge is 2.29. The van der Waals surface area contributed by atoms with E-state index in [0.29, 0.717) is 28.4 Å². The van der Waals surface area contributed by atoms with Crippen molar-refractivity contribution in [3.8, 4) is 33.1 Å². The van der Waals surface area contributed by atoms with Gasteiger partial charge in [0.15, 0.2) is 16.6 Å². The number of nitrogens with one attached hydrogen (secondary N) is 3. The summed E-state index contributed by atoms with van der Waals surface area (Å²) in [5.74, 6) is 0.712. The second kappa shape index (κ2) is 8.86. The third-order valence-corrected chi connectivity index (χ3v) is 7.07. The zero-order valence-electron chi connectivity index (χ0n) is 18.6. The Labute approximate surface area is 214 Å². The van der Waals surface area contributed by atoms with Gasteiger partial charge in [-0.2, -0.15) is 9.49 Å². The van der Waals surface area contributed by atoms with Gasteiger partial charge in [0, 0.05) is 46.1 Å². The van der Waals surface area contributed by atoms with Gasteiger partial charge in [-0.1, -0.05) is 7.43 Å². The lowest BCUT2D eigenvalue weighted by Crippen LogP contribution is -2.13. The second-order valence-corrected chi connectivity index (χ2v) is 9.73. The fourth-order valence-electron chi connectivity index (χ4n) is 4.18. The summed E-state index contributed by atoms with van der Waals surface area (Å²) in [5, 5.41) is 10.8. The molecule has 0 aliphatic heterocycles. The van der Waals surface area contributed by atoms with Crippen molar-refractivity contribution in [3.05, 3.63) is 60.4 Å². The van der Waals surface area contributed by atoms with Gasteiger partial charge in [-0.3, -0.25) is 19.9 Å². The number of aromatic nitrogens is 7. The van der Waals surface area contributed by atoms with Gasteiger partial charge in [0.05, 0.1) is 29.0 Å². The summed E-state index contributed by atoms with van der Waals surface area (Å²) in [4.78, 5) is 34.1. The average molecular weight is 513 g/mol. The van der Waals surface area contributed by atoms with Gasteiger partial charge < -0.3 is 10.3 Å². The number of anilines is 1. The van der Waals surface area contributed by atoms with Gasteiger partial charge >= 0.3 is 0 Å². The molecule has 6 aromatic heterocycles. The van der Waals surface area contributed by atoms with E-state index in [1.807, 2.05) is 12.1 Å². The molecule has 0 saturated heterocycles. The van der Waals surface area contributed by atoms with Crippen LogP contribution in [0.3, 0.4) is 0 Å². The molecule has 1 aliphatic carbocycles. The molecule has 3 N–H and O–H groups in total. The minimum Gasteiger partial charge on any atom is -0.335 e. The monoisotopic (exact) mass is 512 g/mol. The highest BCUT2D eigenvalue weighted by Crippen LogP contribution is 2.35. The van der Waals surface area contributed by atoms with Crippen molar-refractivity contribution >= 4 is 45.0 Å². The van der Waals surface area contributed by atoms with Crippen LogP contribution < -0.4 is 5.32 Å². The van der Waals surface area contributed by atoms with E-state index in [9.17, 15) is 9.18 Å². The maximum atomic E-state index is 13.6. The summed E-state index contributed by atoms with van der Waals surface area (Å²) in [6.07, 6.45) is 10.3. The molecule has 37 heavy (non-hydrogen) atoms. The van der Waals surface area contributed by atoms with Crippen LogP contribution in [0, 0.1) is 11.0 Å². The highest BCUT2D eigenvalue weighted by atomic mass is 32.1. The Balaban J connectivity index is 0.00000252. The number of carbonyl (C=O) groups is 1. The maximum Gasteiger partial charge on any atom is 0.227 e. The van der Waals surface area contributed by atoms with Crippen LogP contribution >= 0.6 is 11.3 Å². The molecule has 0 bridgehead atoms. The first-order valence-electron chi connectivity index (χ1n) is 11.3. The standard InChI is InChI=1S/C25H17FN8OS.CH4/c26-20-4-3-19(36-20)17-10-28-11-18-21(17)32-24(31-18)22-16-6-14(8-29-23(16)34-33-22)13-5-15(9-27-7-13)30-25(35)12-1-2-12;/h3-12H,1-2H2,(H,30,35)(H,31,32)(H,29,33,34);1H4. The zero-order valence-corrected chi connectivity index (χ0v) is 19.4. The summed E-state index contributed by atoms with van der Waals surface area (Å²) in [7, 11) is 0. The number of thiophene rings is 1. The fraction of sp³-hybridized carbons (Fsp3) is 0.154. The topological polar surface area (TPSA) is 125 Å². The van der Waals surface area contributed by atoms with Gasteiger partial charge in [-0.05, 0) is 37.1 Å². The smallest absolute Gasteiger partial charge is 0.227 e. The number of imidazole rings is 1. The van der Waals surface area contributed by atoms with Crippen LogP contribution in [0.5, 0.6) is 0 Å². The van der Waals surface area contributed by atoms with E-state index in [1.165, 1.54) is 6.07 Å². The first-order chi connectivity index (χ1) is 17.6. The zero-order chi connectivity index (χ0) is 24.2. The Kier molecular flexibility index (Phi) is 5.49. The first kappa shape index (κ1) is 22.9. The van der Waals surface area contributed by atoms with Crippen LogP contribution in [0.25, 0.3) is 55.2 Å². The Bertz CT molecular complexity index is 1780. The molecular weight excluding hydrogens is 491 g/mol. The van der Waals surface area contributed by atoms with Crippen molar-refractivity contribution in [2.45, 2.75) is 20.3 Å². The van der Waals surface area contributed by atoms with Gasteiger partial charge in [-0.15, -0.1) is 11.3 Å². The number of amides is 1. The molecule has 7 rings (SSSR count). The molecule has 1 aliphatic rings. The number of fused-ring (bicyclic) bond motifs is 2. The number of hydrogen-bond donors (Lipinski definition) is 3. The van der Waals surface area contributed by atoms with E-state index >= 15 is 0 Å². The summed E-state index contributed by atoms with van der Waals surface area (Å²) in [6.45, 7) is 0. The Morgan fingerprint density at radius 2 is 1.89 bits per heavy atom. The van der Waals surface area contributed by atoms with Crippen LogP contribution in [0.4, 0.5) is 10.1 Å². The number of rotatable bonds is 5. The predicted molar refractivity (Wildman–Crippen MR) is 141 cm³/mol. The first-order valence-corrected chi connectivity index (χ1v) is 12.1. The SMILES string of the molecule is C.O=C(Nc1cncc(-c2cnc3n[nH]c(-c4nc5c(-c6ccc(F)s6)cncc5[nH]4)c3c2)c1)C1CC1. The molecule has 0 aromatic carbocycles. The lowest BCUT2D eigenvalue weighted by atomic mass is 10.1. The summed E-state index contributed by atoms with van der Waals surface area (Å²) < 4.78 is 13.6. The lowest BCUT2D eigenvalue weighted by molar-refractivity contribution is -0.117. The quantitative estimate of drug-likeness (QED) is 0.268. The second-order valence-electron chi connectivity index (χ2n) is 8.69. The molecule has 6 heterocycles. The predicted octanol–water partition coefficient (Wildman–Crippen LogP) is 5.81. The van der Waals surface area contributed by atoms with Crippen molar-refractivity contribution < 1.29 is 9.18 Å². The molecule has 1 saturated carbocycles. The molecule has 11 heteroatoms. The van der Waals surface area contributed by atoms with E-state index in [2.05, 4.69) is 35.5 Å². The van der Waals surface area contributed by atoms with Gasteiger partial charge in [0.1, 0.15) is 11.2 Å². The molecule has 1 amide bonds. The van der Waals surface area contributed by atoms with Gasteiger partial charge in [-0.25, -0.2) is 9.97 Å². The third kappa shape index (κ3) is 4.12. The molecule has 0 radical (unpaired) electrons. The molecule has 0 unspecified atom stereocenters. The van der Waals surface area contributed by atoms with Crippen molar-refractivity contribution in [3.63, 3.8) is 0 Å². The minimum absolute atomic E-state index is 0. The number of carbonyl (C=O) groups excluding carboxylic acids is 1. The fourth-order valence-corrected chi connectivity index (χ4v) is 4.93. The maximum absolute atomic E-state index is 13.6. The van der Waals surface area contributed by atoms with Crippen LogP contribution in [-0.4, -0.2) is 41.0 Å². The van der Waals surface area contributed by atoms with E-state index in [-0.39, 0.29) is 24.4 Å². The molecule has 9 nitrogen and oxygen atoms in total. The number of pyridine rings is 3. The molecule has 1 fully saturated rings. The van der Waals surface area contributed by atoms with E-state index in [1.54, 1.807) is 37.1 Å². The van der Waals surface area contributed by atoms with Crippen LogP contribution in [0.1, 0.15) is 20.3 Å². The van der Waals surface area contributed by atoms with E-state index in [4.69, 9.17) is 4.98 Å². The third-order valence-electron chi connectivity index (χ3n) is 6.17. The van der Waals surface area contributed by atoms with Gasteiger partial charge in [0.25, 0.3) is 0 Å². The highest BCUT2D eigenvalue weighted by molar-refractivity contribution is 7.14. The molecule has 6 aromatic rings. The largest absolute Gasteiger partial charge is 0.335 e. The van der Waals surface area contributed by atoms with Gasteiger partial charge in [0.2, 0.25) is 5.91 Å². The van der Waals surface area contributed by atoms with E-state index < -0.39 is 0 Å². The summed E-state index contributed by atoms with van der Waals surface area (Å²) >= 11 is 1.05. The number of halogens is 1. The number of nitrogens with zero attached hydrogens (tertiary/aromatic N) is 5. The van der Waals surface area contributed by atoms with Crippen LogP contribution in [-0.2, 0) is 4.79 Å². The Morgan fingerprint density at radius 1 is 1.05 bits per heavy atom. The average Bonchev–Trinajstić information content (AvgIpc) is 3.30. The molecular formula is C26H21FN8OS.